The fourth-order valence-electron chi connectivity index (χ4n) is 2.44. The molecule has 0 atom stereocenters. The monoisotopic (exact) mass is 341 g/mol. The molecule has 19 heavy (non-hydrogen) atoms. The average molecular weight is 343 g/mol. The molecule has 4 heteroatoms. The quantitative estimate of drug-likeness (QED) is 0.823. The van der Waals surface area contributed by atoms with Crippen molar-refractivity contribution >= 4 is 38.5 Å². The average Bonchev–Trinajstić information content (AvgIpc) is 3.08. The summed E-state index contributed by atoms with van der Waals surface area (Å²) in [7, 11) is 0. The van der Waals surface area contributed by atoms with Crippen molar-refractivity contribution in [2.75, 3.05) is 0 Å². The first-order valence-corrected chi connectivity index (χ1v) is 7.87. The molecule has 1 saturated carbocycles. The molecule has 1 aromatic carbocycles. The van der Waals surface area contributed by atoms with Crippen molar-refractivity contribution in [3.8, 4) is 0 Å². The second kappa shape index (κ2) is 5.12. The fraction of sp³-hybridized carbons (Fsp3) is 0.467. The van der Waals surface area contributed by atoms with E-state index in [1.807, 2.05) is 12.1 Å². The highest BCUT2D eigenvalue weighted by Gasteiger charge is 2.31. The van der Waals surface area contributed by atoms with Crippen LogP contribution in [0.2, 0.25) is 5.02 Å². The molecule has 2 nitrogen and oxygen atoms in total. The van der Waals surface area contributed by atoms with Gasteiger partial charge in [0.1, 0.15) is 11.3 Å². The van der Waals surface area contributed by atoms with Gasteiger partial charge in [-0.05, 0) is 46.8 Å². The van der Waals surface area contributed by atoms with Crippen molar-refractivity contribution < 1.29 is 4.42 Å². The van der Waals surface area contributed by atoms with Crippen LogP contribution in [-0.4, -0.2) is 6.04 Å². The van der Waals surface area contributed by atoms with Gasteiger partial charge in [-0.1, -0.05) is 25.4 Å². The van der Waals surface area contributed by atoms with E-state index in [1.54, 1.807) is 0 Å². The smallest absolute Gasteiger partial charge is 0.148 e. The molecule has 102 valence electrons. The Morgan fingerprint density at radius 3 is 2.79 bits per heavy atom. The van der Waals surface area contributed by atoms with Gasteiger partial charge in [0.05, 0.1) is 11.0 Å². The van der Waals surface area contributed by atoms with Gasteiger partial charge in [-0.3, -0.25) is 0 Å². The number of furan rings is 1. The topological polar surface area (TPSA) is 25.2 Å². The van der Waals surface area contributed by atoms with Crippen molar-refractivity contribution in [2.24, 2.45) is 0 Å². The van der Waals surface area contributed by atoms with Crippen molar-refractivity contribution in [3.05, 3.63) is 33.0 Å². The summed E-state index contributed by atoms with van der Waals surface area (Å²) in [6, 6.07) is 4.37. The molecule has 1 aromatic heterocycles. The first kappa shape index (κ1) is 13.5. The molecular weight excluding hydrogens is 326 g/mol. The van der Waals surface area contributed by atoms with Gasteiger partial charge in [0.15, 0.2) is 0 Å². The summed E-state index contributed by atoms with van der Waals surface area (Å²) in [5, 5.41) is 5.36. The fourth-order valence-corrected chi connectivity index (χ4v) is 3.33. The van der Waals surface area contributed by atoms with Crippen molar-refractivity contribution in [3.63, 3.8) is 0 Å². The Morgan fingerprint density at radius 1 is 1.42 bits per heavy atom. The van der Waals surface area contributed by atoms with Gasteiger partial charge in [-0.2, -0.15) is 0 Å². The normalized spacial score (nSPS) is 15.6. The number of halogens is 2. The van der Waals surface area contributed by atoms with Crippen LogP contribution in [0.4, 0.5) is 0 Å². The third kappa shape index (κ3) is 2.69. The number of benzene rings is 1. The van der Waals surface area contributed by atoms with E-state index in [-0.39, 0.29) is 0 Å². The number of fused-ring (bicyclic) bond motifs is 1. The molecular formula is C15H17BrClNO. The third-order valence-corrected chi connectivity index (χ3v) is 4.29. The molecule has 0 spiro atoms. The van der Waals surface area contributed by atoms with E-state index in [9.17, 15) is 0 Å². The summed E-state index contributed by atoms with van der Waals surface area (Å²) in [6.45, 7) is 5.07. The lowest BCUT2D eigenvalue weighted by Gasteiger charge is -2.07. The van der Waals surface area contributed by atoms with Crippen molar-refractivity contribution in [1.29, 1.82) is 0 Å². The Hall–Kier alpha value is -0.510. The predicted molar refractivity (Wildman–Crippen MR) is 82.9 cm³/mol. The first-order chi connectivity index (χ1) is 9.06. The van der Waals surface area contributed by atoms with E-state index in [1.165, 1.54) is 23.8 Å². The van der Waals surface area contributed by atoms with Crippen molar-refractivity contribution in [2.45, 2.75) is 45.2 Å². The van der Waals surface area contributed by atoms with Crippen LogP contribution in [0.15, 0.2) is 21.0 Å². The number of nitrogens with one attached hydrogen (secondary N) is 1. The number of hydrogen-bond donors (Lipinski definition) is 1. The van der Waals surface area contributed by atoms with Crippen LogP contribution in [0, 0.1) is 0 Å². The summed E-state index contributed by atoms with van der Waals surface area (Å²) in [5.41, 5.74) is 2.28. The van der Waals surface area contributed by atoms with Gasteiger partial charge < -0.3 is 9.73 Å². The van der Waals surface area contributed by atoms with E-state index in [0.29, 0.717) is 12.0 Å². The van der Waals surface area contributed by atoms with Gasteiger partial charge in [0, 0.05) is 22.0 Å². The van der Waals surface area contributed by atoms with E-state index in [2.05, 4.69) is 35.1 Å². The highest BCUT2D eigenvalue weighted by molar-refractivity contribution is 9.10. The molecule has 1 fully saturated rings. The van der Waals surface area contributed by atoms with Crippen LogP contribution < -0.4 is 5.32 Å². The van der Waals surface area contributed by atoms with Crippen molar-refractivity contribution in [1.82, 2.24) is 5.32 Å². The summed E-state index contributed by atoms with van der Waals surface area (Å²) in [4.78, 5) is 0. The molecule has 0 aliphatic heterocycles. The zero-order chi connectivity index (χ0) is 13.6. The number of hydrogen-bond acceptors (Lipinski definition) is 2. The molecule has 1 heterocycles. The second-order valence-electron chi connectivity index (χ2n) is 5.51. The Bertz CT molecular complexity index is 616. The molecule has 0 bridgehead atoms. The van der Waals surface area contributed by atoms with E-state index in [0.717, 1.165) is 27.4 Å². The molecule has 1 N–H and O–H groups in total. The molecule has 3 rings (SSSR count). The van der Waals surface area contributed by atoms with E-state index >= 15 is 0 Å². The molecule has 2 aromatic rings. The van der Waals surface area contributed by atoms with E-state index < -0.39 is 0 Å². The summed E-state index contributed by atoms with van der Waals surface area (Å²) in [5.74, 6) is 1.71. The highest BCUT2D eigenvalue weighted by atomic mass is 79.9. The highest BCUT2D eigenvalue weighted by Crippen LogP contribution is 2.47. The maximum Gasteiger partial charge on any atom is 0.148 e. The largest absolute Gasteiger partial charge is 0.458 e. The Labute approximate surface area is 126 Å². The lowest BCUT2D eigenvalue weighted by atomic mass is 10.1. The maximum absolute atomic E-state index is 6.17. The van der Waals surface area contributed by atoms with Crippen LogP contribution in [0.5, 0.6) is 0 Å². The van der Waals surface area contributed by atoms with Crippen LogP contribution >= 0.6 is 27.5 Å². The van der Waals surface area contributed by atoms with Gasteiger partial charge in [0.2, 0.25) is 0 Å². The Kier molecular flexibility index (Phi) is 3.63. The molecule has 0 amide bonds. The minimum Gasteiger partial charge on any atom is -0.458 e. The maximum atomic E-state index is 6.17. The molecule has 0 radical (unpaired) electrons. The standard InChI is InChI=1S/C15H17BrClNO/c1-8(2)18-7-13-14(9-3-4-9)11-5-10(17)6-12(16)15(11)19-13/h5-6,8-9,18H,3-4,7H2,1-2H3. The second-order valence-corrected chi connectivity index (χ2v) is 6.80. The van der Waals surface area contributed by atoms with Gasteiger partial charge in [-0.25, -0.2) is 0 Å². The van der Waals surface area contributed by atoms with E-state index in [4.69, 9.17) is 16.0 Å². The zero-order valence-corrected chi connectivity index (χ0v) is 13.4. The number of rotatable bonds is 4. The minimum absolute atomic E-state index is 0.451. The van der Waals surface area contributed by atoms with Gasteiger partial charge >= 0.3 is 0 Å². The summed E-state index contributed by atoms with van der Waals surface area (Å²) < 4.78 is 7.01. The lowest BCUT2D eigenvalue weighted by molar-refractivity contribution is 0.482. The zero-order valence-electron chi connectivity index (χ0n) is 11.1. The predicted octanol–water partition coefficient (Wildman–Crippen LogP) is 5.22. The van der Waals surface area contributed by atoms with Gasteiger partial charge in [-0.15, -0.1) is 0 Å². The minimum atomic E-state index is 0.451. The van der Waals surface area contributed by atoms with Crippen LogP contribution in [0.25, 0.3) is 11.0 Å². The molecule has 1 aliphatic carbocycles. The summed E-state index contributed by atoms with van der Waals surface area (Å²) in [6.07, 6.45) is 2.51. The lowest BCUT2D eigenvalue weighted by Crippen LogP contribution is -2.22. The Balaban J connectivity index is 2.10. The summed E-state index contributed by atoms with van der Waals surface area (Å²) >= 11 is 9.72. The Morgan fingerprint density at radius 2 is 2.16 bits per heavy atom. The van der Waals surface area contributed by atoms with Crippen LogP contribution in [0.3, 0.4) is 0 Å². The first-order valence-electron chi connectivity index (χ1n) is 6.70. The SMILES string of the molecule is CC(C)NCc1oc2c(Br)cc(Cl)cc2c1C1CC1. The molecule has 0 saturated heterocycles. The third-order valence-electron chi connectivity index (χ3n) is 3.48. The van der Waals surface area contributed by atoms with Crippen LogP contribution in [0.1, 0.15) is 43.9 Å². The molecule has 0 unspecified atom stereocenters. The van der Waals surface area contributed by atoms with Gasteiger partial charge in [0.25, 0.3) is 0 Å². The van der Waals surface area contributed by atoms with Crippen LogP contribution in [-0.2, 0) is 6.54 Å². The molecule has 1 aliphatic rings.